The fourth-order valence-corrected chi connectivity index (χ4v) is 1.93. The molecule has 0 fully saturated rings. The van der Waals surface area contributed by atoms with E-state index in [2.05, 4.69) is 29.2 Å². The smallest absolute Gasteiger partial charge is 0.197 e. The van der Waals surface area contributed by atoms with E-state index in [1.807, 2.05) is 13.8 Å². The molecule has 0 aliphatic heterocycles. The van der Waals surface area contributed by atoms with Crippen LogP contribution in [0, 0.1) is 9.39 Å². The summed E-state index contributed by atoms with van der Waals surface area (Å²) in [7, 11) is 3.61. The van der Waals surface area contributed by atoms with Crippen LogP contribution in [-0.2, 0) is 0 Å². The van der Waals surface area contributed by atoms with Gasteiger partial charge in [0.05, 0.1) is 5.56 Å². The molecule has 110 valence electrons. The van der Waals surface area contributed by atoms with Crippen LogP contribution in [0.1, 0.15) is 31.1 Å². The molecule has 2 nitrogen and oxygen atoms in total. The lowest BCUT2D eigenvalue weighted by atomic mass is 9.99. The van der Waals surface area contributed by atoms with Crippen molar-refractivity contribution >= 4 is 28.4 Å². The molecular weight excluding hydrogens is 368 g/mol. The number of allylic oxidation sites excluding steroid dienone is 2. The molecule has 1 rings (SSSR count). The Morgan fingerprint density at radius 1 is 1.35 bits per heavy atom. The van der Waals surface area contributed by atoms with E-state index in [1.54, 1.807) is 44.3 Å². The molecule has 0 amide bonds. The highest BCUT2D eigenvalue weighted by atomic mass is 127. The summed E-state index contributed by atoms with van der Waals surface area (Å²) >= 11 is 2.05. The normalized spacial score (nSPS) is 10.4. The Hall–Kier alpha value is -1.17. The van der Waals surface area contributed by atoms with E-state index in [-0.39, 0.29) is 11.3 Å². The minimum absolute atomic E-state index is 0.0815. The van der Waals surface area contributed by atoms with E-state index >= 15 is 0 Å². The molecule has 0 heterocycles. The monoisotopic (exact) mass is 389 g/mol. The summed E-state index contributed by atoms with van der Waals surface area (Å²) in [4.78, 5) is 14.0. The van der Waals surface area contributed by atoms with Gasteiger partial charge in [0.15, 0.2) is 5.78 Å². The van der Waals surface area contributed by atoms with Crippen molar-refractivity contribution in [2.45, 2.75) is 20.8 Å². The Morgan fingerprint density at radius 3 is 2.35 bits per heavy atom. The Morgan fingerprint density at radius 2 is 1.90 bits per heavy atom. The van der Waals surface area contributed by atoms with Crippen molar-refractivity contribution in [1.82, 2.24) is 4.90 Å². The zero-order valence-corrected chi connectivity index (χ0v) is 14.8. The fraction of sp³-hybridized carbons (Fsp3) is 0.312. The second kappa shape index (κ2) is 8.89. The molecule has 0 unspecified atom stereocenters. The lowest BCUT2D eigenvalue weighted by Crippen LogP contribution is -2.12. The van der Waals surface area contributed by atoms with Crippen LogP contribution in [0.2, 0.25) is 0 Å². The van der Waals surface area contributed by atoms with E-state index in [9.17, 15) is 9.18 Å². The van der Waals surface area contributed by atoms with Gasteiger partial charge < -0.3 is 4.90 Å². The van der Waals surface area contributed by atoms with Crippen LogP contribution < -0.4 is 0 Å². The summed E-state index contributed by atoms with van der Waals surface area (Å²) in [5, 5.41) is 0. The first-order chi connectivity index (χ1) is 9.32. The first-order valence-electron chi connectivity index (χ1n) is 6.36. The number of ketones is 1. The minimum atomic E-state index is -0.508. The molecule has 20 heavy (non-hydrogen) atoms. The molecule has 1 aromatic carbocycles. The highest BCUT2D eigenvalue weighted by molar-refractivity contribution is 14.1. The molecule has 0 saturated carbocycles. The predicted molar refractivity (Wildman–Crippen MR) is 91.4 cm³/mol. The third kappa shape index (κ3) is 5.45. The summed E-state index contributed by atoms with van der Waals surface area (Å²) in [6, 6.07) is 4.48. The molecule has 0 radical (unpaired) electrons. The average Bonchev–Trinajstić information content (AvgIpc) is 2.40. The van der Waals surface area contributed by atoms with Gasteiger partial charge >= 0.3 is 0 Å². The molecule has 0 saturated heterocycles. The van der Waals surface area contributed by atoms with Gasteiger partial charge in [0.25, 0.3) is 0 Å². The van der Waals surface area contributed by atoms with Crippen molar-refractivity contribution < 1.29 is 9.18 Å². The predicted octanol–water partition coefficient (Wildman–Crippen LogP) is 4.66. The van der Waals surface area contributed by atoms with Crippen LogP contribution in [-0.4, -0.2) is 24.8 Å². The molecule has 0 bridgehead atoms. The lowest BCUT2D eigenvalue weighted by Gasteiger charge is -2.12. The van der Waals surface area contributed by atoms with Crippen LogP contribution >= 0.6 is 22.6 Å². The number of benzene rings is 1. The number of carbonyl (C=O) groups is 1. The maximum absolute atomic E-state index is 13.7. The van der Waals surface area contributed by atoms with Crippen molar-refractivity contribution in [3.8, 4) is 0 Å². The molecule has 1 aromatic rings. The first-order valence-corrected chi connectivity index (χ1v) is 7.44. The summed E-state index contributed by atoms with van der Waals surface area (Å²) in [5.74, 6) is -0.849. The number of carbonyl (C=O) groups excluding carboxylic acids is 1. The third-order valence-corrected chi connectivity index (χ3v) is 2.94. The van der Waals surface area contributed by atoms with Crippen molar-refractivity contribution in [2.24, 2.45) is 0 Å². The first kappa shape index (κ1) is 18.8. The standard InChI is InChI=1S/C14H15FINO.C2H6/c1-9(2)12(8-17(3)4)14(18)11-7-10(16)5-6-13(11)15;1-2/h5-8H,1H2,2-4H3;1-2H3/b12-8+;. The molecule has 0 N–H and O–H groups in total. The van der Waals surface area contributed by atoms with Gasteiger partial charge in [-0.3, -0.25) is 4.79 Å². The number of halogens is 2. The Balaban J connectivity index is 0.00000172. The zero-order valence-electron chi connectivity index (χ0n) is 12.6. The highest BCUT2D eigenvalue weighted by Gasteiger charge is 2.17. The minimum Gasteiger partial charge on any atom is -0.383 e. The van der Waals surface area contributed by atoms with Gasteiger partial charge in [-0.2, -0.15) is 0 Å². The van der Waals surface area contributed by atoms with Gasteiger partial charge in [0.1, 0.15) is 5.82 Å². The SMILES string of the molecule is C=C(C)/C(=C\N(C)C)C(=O)c1cc(I)ccc1F.CC. The maximum atomic E-state index is 13.7. The quantitative estimate of drug-likeness (QED) is 0.323. The number of rotatable bonds is 4. The number of hydrogen-bond donors (Lipinski definition) is 0. The van der Waals surface area contributed by atoms with Crippen molar-refractivity contribution in [1.29, 1.82) is 0 Å². The molecule has 0 atom stereocenters. The van der Waals surface area contributed by atoms with E-state index in [4.69, 9.17) is 0 Å². The maximum Gasteiger partial charge on any atom is 0.197 e. The Bertz CT molecular complexity index is 521. The molecule has 0 spiro atoms. The third-order valence-electron chi connectivity index (χ3n) is 2.26. The van der Waals surface area contributed by atoms with Crippen molar-refractivity contribution in [3.05, 3.63) is 57.1 Å². The van der Waals surface area contributed by atoms with Gasteiger partial charge in [-0.1, -0.05) is 20.4 Å². The van der Waals surface area contributed by atoms with E-state index in [0.29, 0.717) is 11.1 Å². The van der Waals surface area contributed by atoms with Gasteiger partial charge in [0.2, 0.25) is 0 Å². The van der Waals surface area contributed by atoms with Crippen LogP contribution in [0.25, 0.3) is 0 Å². The van der Waals surface area contributed by atoms with Crippen LogP contribution in [0.15, 0.2) is 42.1 Å². The average molecular weight is 389 g/mol. The topological polar surface area (TPSA) is 20.3 Å². The van der Waals surface area contributed by atoms with E-state index < -0.39 is 5.82 Å². The molecule has 4 heteroatoms. The molecule has 0 aliphatic carbocycles. The largest absolute Gasteiger partial charge is 0.383 e. The second-order valence-electron chi connectivity index (χ2n) is 4.24. The summed E-state index contributed by atoms with van der Waals surface area (Å²) in [6.07, 6.45) is 1.66. The summed E-state index contributed by atoms with van der Waals surface area (Å²) < 4.78 is 14.5. The van der Waals surface area contributed by atoms with E-state index in [0.717, 1.165) is 3.57 Å². The zero-order chi connectivity index (χ0) is 15.9. The van der Waals surface area contributed by atoms with Crippen LogP contribution in [0.5, 0.6) is 0 Å². The second-order valence-corrected chi connectivity index (χ2v) is 5.49. The number of hydrogen-bond acceptors (Lipinski definition) is 2. The van der Waals surface area contributed by atoms with Gasteiger partial charge in [-0.15, -0.1) is 0 Å². The van der Waals surface area contributed by atoms with Crippen molar-refractivity contribution in [3.63, 3.8) is 0 Å². The molecular formula is C16H21FINO. The van der Waals surface area contributed by atoms with Gasteiger partial charge in [-0.05, 0) is 53.3 Å². The lowest BCUT2D eigenvalue weighted by molar-refractivity contribution is 0.103. The summed E-state index contributed by atoms with van der Waals surface area (Å²) in [6.45, 7) is 9.50. The van der Waals surface area contributed by atoms with E-state index in [1.165, 1.54) is 6.07 Å². The summed E-state index contributed by atoms with van der Waals surface area (Å²) in [5.41, 5.74) is 1.12. The fourth-order valence-electron chi connectivity index (χ4n) is 1.44. The van der Waals surface area contributed by atoms with Crippen molar-refractivity contribution in [2.75, 3.05) is 14.1 Å². The van der Waals surface area contributed by atoms with Gasteiger partial charge in [0, 0.05) is 29.4 Å². The van der Waals surface area contributed by atoms with Gasteiger partial charge in [-0.25, -0.2) is 4.39 Å². The highest BCUT2D eigenvalue weighted by Crippen LogP contribution is 2.20. The number of Topliss-reactive ketones (excluding diaryl/α,β-unsaturated/α-hetero) is 1. The molecule has 0 aromatic heterocycles. The van der Waals surface area contributed by atoms with Crippen LogP contribution in [0.4, 0.5) is 4.39 Å². The molecule has 0 aliphatic rings. The van der Waals surface area contributed by atoms with Crippen LogP contribution in [0.3, 0.4) is 0 Å². The number of nitrogens with zero attached hydrogens (tertiary/aromatic N) is 1. The Labute approximate surface area is 134 Å². The Kier molecular flexibility index (Phi) is 8.37.